The Morgan fingerprint density at radius 3 is 2.48 bits per heavy atom. The van der Waals surface area contributed by atoms with E-state index < -0.39 is 17.7 Å². The number of aliphatic hydroxyl groups is 1. The Morgan fingerprint density at radius 1 is 1.12 bits per heavy atom. The van der Waals surface area contributed by atoms with E-state index >= 15 is 0 Å². The van der Waals surface area contributed by atoms with Gasteiger partial charge in [-0.2, -0.15) is 0 Å². The lowest BCUT2D eigenvalue weighted by Gasteiger charge is -2.25. The highest BCUT2D eigenvalue weighted by Gasteiger charge is 2.45. The number of nitrogens with one attached hydrogen (secondary N) is 1. The molecule has 1 aliphatic rings. The first-order valence-corrected chi connectivity index (χ1v) is 11.1. The largest absolute Gasteiger partial charge is 0.507 e. The summed E-state index contributed by atoms with van der Waals surface area (Å²) in [6.45, 7) is 4.97. The number of hydrogen-bond donors (Lipinski definition) is 2. The molecule has 33 heavy (non-hydrogen) atoms. The minimum Gasteiger partial charge on any atom is -0.507 e. The molecule has 0 aliphatic carbocycles. The number of Topliss-reactive ketones (excluding diaryl/α,β-unsaturated/α-hetero) is 1. The van der Waals surface area contributed by atoms with Crippen LogP contribution in [0, 0.1) is 0 Å². The molecule has 2 heterocycles. The Kier molecular flexibility index (Phi) is 6.58. The molecule has 4 rings (SSSR count). The lowest BCUT2D eigenvalue weighted by atomic mass is 9.95. The van der Waals surface area contributed by atoms with Crippen molar-refractivity contribution in [1.29, 1.82) is 0 Å². The molecule has 1 amide bonds. The maximum absolute atomic E-state index is 13.1. The van der Waals surface area contributed by atoms with Crippen LogP contribution in [0.1, 0.15) is 37.4 Å². The van der Waals surface area contributed by atoms with E-state index in [1.165, 1.54) is 0 Å². The van der Waals surface area contributed by atoms with Crippen molar-refractivity contribution in [3.63, 3.8) is 0 Å². The standard InChI is InChI=1S/C26H27N3O4/c1-18(2)33-21-11-9-19(10-12-21)23-22(24(30)20-7-4-3-5-8-20)25(31)26(32)29(23)15-6-14-28-16-13-27-17-28/h3-5,7-13,16-18,23H,6,14-15H2,1-2H3,(H,30,31)/p+1. The average Bonchev–Trinajstić information content (AvgIpc) is 3.42. The first-order valence-electron chi connectivity index (χ1n) is 11.1. The minimum absolute atomic E-state index is 0.0329. The molecule has 0 spiro atoms. The van der Waals surface area contributed by atoms with Crippen LogP contribution in [0.4, 0.5) is 0 Å². The number of rotatable bonds is 8. The molecular weight excluding hydrogens is 418 g/mol. The predicted molar refractivity (Wildman–Crippen MR) is 123 cm³/mol. The molecule has 0 bridgehead atoms. The van der Waals surface area contributed by atoms with Crippen molar-refractivity contribution in [2.24, 2.45) is 0 Å². The van der Waals surface area contributed by atoms with E-state index in [2.05, 4.69) is 4.98 Å². The molecule has 7 nitrogen and oxygen atoms in total. The molecule has 0 saturated carbocycles. The highest BCUT2D eigenvalue weighted by atomic mass is 16.5. The fourth-order valence-electron chi connectivity index (χ4n) is 4.09. The summed E-state index contributed by atoms with van der Waals surface area (Å²) >= 11 is 0. The molecule has 7 heteroatoms. The van der Waals surface area contributed by atoms with Gasteiger partial charge in [-0.15, -0.1) is 0 Å². The van der Waals surface area contributed by atoms with Crippen LogP contribution in [-0.2, 0) is 16.1 Å². The first kappa shape index (κ1) is 22.3. The van der Waals surface area contributed by atoms with Gasteiger partial charge in [-0.1, -0.05) is 42.5 Å². The molecule has 3 aromatic rings. The van der Waals surface area contributed by atoms with Gasteiger partial charge in [0.2, 0.25) is 6.33 Å². The number of imidazole rings is 1. The van der Waals surface area contributed by atoms with E-state index in [0.29, 0.717) is 30.8 Å². The summed E-state index contributed by atoms with van der Waals surface area (Å²) in [6, 6.07) is 15.5. The summed E-state index contributed by atoms with van der Waals surface area (Å²) in [7, 11) is 0. The maximum Gasteiger partial charge on any atom is 0.295 e. The van der Waals surface area contributed by atoms with Gasteiger partial charge >= 0.3 is 0 Å². The van der Waals surface area contributed by atoms with E-state index in [-0.39, 0.29) is 17.4 Å². The van der Waals surface area contributed by atoms with E-state index in [9.17, 15) is 14.7 Å². The number of aryl methyl sites for hydroxylation is 1. The third-order valence-electron chi connectivity index (χ3n) is 5.57. The number of aromatic nitrogens is 2. The zero-order valence-electron chi connectivity index (χ0n) is 18.8. The van der Waals surface area contributed by atoms with Crippen LogP contribution in [0.5, 0.6) is 5.75 Å². The molecule has 0 radical (unpaired) electrons. The number of aliphatic hydroxyl groups excluding tert-OH is 1. The fraction of sp³-hybridized carbons (Fsp3) is 0.269. The predicted octanol–water partition coefficient (Wildman–Crippen LogP) is 3.60. The Labute approximate surface area is 192 Å². The molecule has 1 fully saturated rings. The summed E-state index contributed by atoms with van der Waals surface area (Å²) in [6.07, 6.45) is 6.27. The Morgan fingerprint density at radius 2 is 1.85 bits per heavy atom. The molecule has 1 atom stereocenters. The van der Waals surface area contributed by atoms with Gasteiger partial charge in [0.25, 0.3) is 11.7 Å². The first-order chi connectivity index (χ1) is 16.0. The molecular formula is C26H28N3O4+. The maximum atomic E-state index is 13.1. The zero-order valence-corrected chi connectivity index (χ0v) is 18.8. The van der Waals surface area contributed by atoms with Gasteiger partial charge in [0.15, 0.2) is 0 Å². The van der Waals surface area contributed by atoms with Gasteiger partial charge in [0.1, 0.15) is 23.9 Å². The van der Waals surface area contributed by atoms with Crippen LogP contribution in [0.3, 0.4) is 0 Å². The summed E-state index contributed by atoms with van der Waals surface area (Å²) in [5.74, 6) is -0.723. The fourth-order valence-corrected chi connectivity index (χ4v) is 4.09. The molecule has 1 unspecified atom stereocenters. The topological polar surface area (TPSA) is 86.5 Å². The highest BCUT2D eigenvalue weighted by Crippen LogP contribution is 2.39. The number of H-pyrrole nitrogens is 1. The third kappa shape index (κ3) is 4.82. The number of aromatic amines is 1. The summed E-state index contributed by atoms with van der Waals surface area (Å²) < 4.78 is 7.72. The van der Waals surface area contributed by atoms with E-state index in [1.54, 1.807) is 29.2 Å². The van der Waals surface area contributed by atoms with Crippen LogP contribution in [-0.4, -0.2) is 39.3 Å². The second-order valence-corrected chi connectivity index (χ2v) is 8.30. The average molecular weight is 447 g/mol. The molecule has 170 valence electrons. The molecule has 2 N–H and O–H groups in total. The van der Waals surface area contributed by atoms with Crippen molar-refractivity contribution in [3.05, 3.63) is 90.0 Å². The number of nitrogens with zero attached hydrogens (tertiary/aromatic N) is 2. The molecule has 1 aliphatic heterocycles. The normalized spacial score (nSPS) is 17.7. The monoisotopic (exact) mass is 446 g/mol. The number of carbonyl (C=O) groups is 2. The van der Waals surface area contributed by atoms with Crippen molar-refractivity contribution in [2.75, 3.05) is 6.54 Å². The number of ether oxygens (including phenoxy) is 1. The zero-order chi connectivity index (χ0) is 23.4. The lowest BCUT2D eigenvalue weighted by Crippen LogP contribution is -2.36. The quantitative estimate of drug-likeness (QED) is 0.240. The number of amides is 1. The van der Waals surface area contributed by atoms with Crippen molar-refractivity contribution in [1.82, 2.24) is 9.88 Å². The third-order valence-corrected chi connectivity index (χ3v) is 5.57. The number of hydrogen-bond acceptors (Lipinski definition) is 4. The van der Waals surface area contributed by atoms with Crippen molar-refractivity contribution in [2.45, 2.75) is 39.0 Å². The molecule has 1 aromatic heterocycles. The van der Waals surface area contributed by atoms with Gasteiger partial charge in [-0.25, -0.2) is 4.57 Å². The van der Waals surface area contributed by atoms with Crippen LogP contribution < -0.4 is 9.30 Å². The Balaban J connectivity index is 1.70. The van der Waals surface area contributed by atoms with E-state index in [0.717, 1.165) is 5.56 Å². The van der Waals surface area contributed by atoms with Gasteiger partial charge < -0.3 is 14.7 Å². The SMILES string of the molecule is CC(C)Oc1ccc(C2C(=C(O)c3ccccc3)C(=O)C(=O)N2CCC[n+]2cc[nH]c2)cc1. The van der Waals surface area contributed by atoms with Gasteiger partial charge in [0.05, 0.1) is 24.3 Å². The lowest BCUT2D eigenvalue weighted by molar-refractivity contribution is -0.695. The van der Waals surface area contributed by atoms with Crippen LogP contribution >= 0.6 is 0 Å². The summed E-state index contributed by atoms with van der Waals surface area (Å²) in [5, 5.41) is 11.1. The van der Waals surface area contributed by atoms with Gasteiger partial charge in [-0.05, 0) is 31.5 Å². The van der Waals surface area contributed by atoms with Crippen LogP contribution in [0.15, 0.2) is 78.9 Å². The van der Waals surface area contributed by atoms with Gasteiger partial charge in [-0.3, -0.25) is 14.6 Å². The highest BCUT2D eigenvalue weighted by molar-refractivity contribution is 6.46. The van der Waals surface area contributed by atoms with Gasteiger partial charge in [0, 0.05) is 18.5 Å². The van der Waals surface area contributed by atoms with Crippen molar-refractivity contribution >= 4 is 17.4 Å². The molecule has 1 saturated heterocycles. The van der Waals surface area contributed by atoms with E-state index in [1.807, 2.05) is 67.5 Å². The second kappa shape index (κ2) is 9.73. The summed E-state index contributed by atoms with van der Waals surface area (Å²) in [4.78, 5) is 30.7. The van der Waals surface area contributed by atoms with E-state index in [4.69, 9.17) is 4.74 Å². The number of ketones is 1. The number of likely N-dealkylation sites (tertiary alicyclic amines) is 1. The summed E-state index contributed by atoms with van der Waals surface area (Å²) in [5.41, 5.74) is 1.36. The molecule has 2 aromatic carbocycles. The van der Waals surface area contributed by atoms with Crippen molar-refractivity contribution < 1.29 is 24.0 Å². The Hall–Kier alpha value is -3.87. The van der Waals surface area contributed by atoms with Crippen LogP contribution in [0.25, 0.3) is 5.76 Å². The number of carbonyl (C=O) groups excluding carboxylic acids is 2. The van der Waals surface area contributed by atoms with Crippen molar-refractivity contribution in [3.8, 4) is 5.75 Å². The Bertz CT molecular complexity index is 1140. The smallest absolute Gasteiger partial charge is 0.295 e. The van der Waals surface area contributed by atoms with Crippen LogP contribution in [0.2, 0.25) is 0 Å². The number of benzene rings is 2. The minimum atomic E-state index is -0.672. The second-order valence-electron chi connectivity index (χ2n) is 8.30.